The van der Waals surface area contributed by atoms with Crippen LogP contribution in [-0.4, -0.2) is 49.7 Å². The molecule has 2 rings (SSSR count). The summed E-state index contributed by atoms with van der Waals surface area (Å²) in [4.78, 5) is 0. The zero-order chi connectivity index (χ0) is 13.0. The molecule has 1 atom stereocenters. The Hall–Kier alpha value is -1.99. The molecule has 0 radical (unpaired) electrons. The molecule has 1 aromatic carbocycles. The molecule has 0 spiro atoms. The van der Waals surface area contributed by atoms with Crippen LogP contribution in [0.5, 0.6) is 5.75 Å². The quantitative estimate of drug-likeness (QED) is 0.757. The maximum Gasteiger partial charge on any atom is 0.145 e. The first kappa shape index (κ1) is 12.5. The molecule has 1 unspecified atom stereocenters. The number of hydrogen-bond acceptors (Lipinski definition) is 6. The Balaban J connectivity index is 2.24. The summed E-state index contributed by atoms with van der Waals surface area (Å²) in [5.41, 5.74) is 1.72. The smallest absolute Gasteiger partial charge is 0.145 e. The molecule has 0 saturated carbocycles. The fraction of sp³-hybridized carbons (Fsp3) is 0.364. The van der Waals surface area contributed by atoms with Gasteiger partial charge < -0.3 is 14.9 Å². The fourth-order valence-corrected chi connectivity index (χ4v) is 1.44. The minimum atomic E-state index is -0.909. The molecule has 7 heteroatoms. The molecule has 0 saturated heterocycles. The van der Waals surface area contributed by atoms with Gasteiger partial charge in [-0.05, 0) is 35.0 Å². The number of hydrogen-bond donors (Lipinski definition) is 2. The van der Waals surface area contributed by atoms with Gasteiger partial charge in [-0.2, -0.15) is 4.68 Å². The summed E-state index contributed by atoms with van der Waals surface area (Å²) in [6.07, 6.45) is 0.553. The van der Waals surface area contributed by atoms with Crippen molar-refractivity contribution in [3.05, 3.63) is 30.1 Å². The molecule has 0 amide bonds. The molecule has 1 heterocycles. The Morgan fingerprint density at radius 3 is 2.94 bits per heavy atom. The molecule has 18 heavy (non-hydrogen) atoms. The molecule has 2 N–H and O–H groups in total. The first-order valence-corrected chi connectivity index (χ1v) is 5.46. The molecule has 0 aliphatic carbocycles. The second-order valence-corrected chi connectivity index (χ2v) is 3.87. The Morgan fingerprint density at radius 1 is 1.44 bits per heavy atom. The minimum absolute atomic E-state index is 0.00862. The van der Waals surface area contributed by atoms with Crippen molar-refractivity contribution in [2.75, 3.05) is 13.2 Å². The largest absolute Gasteiger partial charge is 0.489 e. The van der Waals surface area contributed by atoms with Gasteiger partial charge in [0.1, 0.15) is 30.5 Å². The van der Waals surface area contributed by atoms with Crippen LogP contribution in [0.2, 0.25) is 0 Å². The van der Waals surface area contributed by atoms with Gasteiger partial charge in [-0.3, -0.25) is 0 Å². The van der Waals surface area contributed by atoms with Gasteiger partial charge in [0.05, 0.1) is 6.61 Å². The number of aliphatic hydroxyl groups excluding tert-OH is 2. The summed E-state index contributed by atoms with van der Waals surface area (Å²) in [7, 11) is 0. The van der Waals surface area contributed by atoms with E-state index in [-0.39, 0.29) is 13.2 Å². The standard InChI is InChI=1S/C11H14N4O3/c1-8-2-3-11(18-6-9(17)5-16)10(4-8)15-7-12-13-14-15/h2-4,7,9,16-17H,5-6H2,1H3. The fourth-order valence-electron chi connectivity index (χ4n) is 1.44. The summed E-state index contributed by atoms with van der Waals surface area (Å²) in [5.74, 6) is 0.542. The van der Waals surface area contributed by atoms with E-state index in [1.54, 1.807) is 6.07 Å². The lowest BCUT2D eigenvalue weighted by Crippen LogP contribution is -2.21. The second-order valence-electron chi connectivity index (χ2n) is 3.87. The summed E-state index contributed by atoms with van der Waals surface area (Å²) in [5, 5.41) is 29.0. The lowest BCUT2D eigenvalue weighted by atomic mass is 10.2. The van der Waals surface area contributed by atoms with Crippen molar-refractivity contribution in [3.63, 3.8) is 0 Å². The molecular weight excluding hydrogens is 236 g/mol. The maximum absolute atomic E-state index is 9.27. The number of aliphatic hydroxyl groups is 2. The summed E-state index contributed by atoms with van der Waals surface area (Å²) < 4.78 is 6.92. The minimum Gasteiger partial charge on any atom is -0.489 e. The number of aromatic nitrogens is 4. The van der Waals surface area contributed by atoms with E-state index in [9.17, 15) is 5.11 Å². The van der Waals surface area contributed by atoms with Gasteiger partial charge in [-0.1, -0.05) is 6.07 Å². The summed E-state index contributed by atoms with van der Waals surface area (Å²) in [6.45, 7) is 1.61. The molecule has 1 aromatic heterocycles. The topological polar surface area (TPSA) is 93.3 Å². The van der Waals surface area contributed by atoms with Crippen molar-refractivity contribution in [1.82, 2.24) is 20.2 Å². The molecule has 7 nitrogen and oxygen atoms in total. The predicted molar refractivity (Wildman–Crippen MR) is 62.5 cm³/mol. The summed E-state index contributed by atoms with van der Waals surface area (Å²) in [6, 6.07) is 5.53. The van der Waals surface area contributed by atoms with Crippen molar-refractivity contribution in [1.29, 1.82) is 0 Å². The molecule has 0 bridgehead atoms. The van der Waals surface area contributed by atoms with E-state index in [0.717, 1.165) is 5.56 Å². The monoisotopic (exact) mass is 250 g/mol. The van der Waals surface area contributed by atoms with E-state index in [1.165, 1.54) is 11.0 Å². The Morgan fingerprint density at radius 2 is 2.28 bits per heavy atom. The van der Waals surface area contributed by atoms with Crippen LogP contribution in [0.25, 0.3) is 5.69 Å². The van der Waals surface area contributed by atoms with Crippen molar-refractivity contribution in [2.45, 2.75) is 13.0 Å². The molecule has 0 aliphatic rings. The van der Waals surface area contributed by atoms with Crippen LogP contribution >= 0.6 is 0 Å². The maximum atomic E-state index is 9.27. The third-order valence-electron chi connectivity index (χ3n) is 2.35. The SMILES string of the molecule is Cc1ccc(OCC(O)CO)c(-n2cnnn2)c1. The van der Waals surface area contributed by atoms with Crippen molar-refractivity contribution in [2.24, 2.45) is 0 Å². The lowest BCUT2D eigenvalue weighted by molar-refractivity contribution is 0.0535. The van der Waals surface area contributed by atoms with Gasteiger partial charge in [0.2, 0.25) is 0 Å². The van der Waals surface area contributed by atoms with E-state index in [4.69, 9.17) is 9.84 Å². The predicted octanol–water partition coefficient (Wildman–Crippen LogP) is -0.297. The highest BCUT2D eigenvalue weighted by Gasteiger charge is 2.10. The molecule has 96 valence electrons. The Bertz CT molecular complexity index is 501. The van der Waals surface area contributed by atoms with Crippen molar-refractivity contribution < 1.29 is 14.9 Å². The van der Waals surface area contributed by atoms with Crippen LogP contribution in [-0.2, 0) is 0 Å². The highest BCUT2D eigenvalue weighted by atomic mass is 16.5. The Kier molecular flexibility index (Phi) is 3.85. The van der Waals surface area contributed by atoms with Crippen LogP contribution < -0.4 is 4.74 Å². The van der Waals surface area contributed by atoms with E-state index < -0.39 is 6.10 Å². The van der Waals surface area contributed by atoms with Crippen LogP contribution in [0.1, 0.15) is 5.56 Å². The van der Waals surface area contributed by atoms with E-state index in [0.29, 0.717) is 11.4 Å². The van der Waals surface area contributed by atoms with Gasteiger partial charge in [0, 0.05) is 0 Å². The highest BCUT2D eigenvalue weighted by Crippen LogP contribution is 2.23. The number of benzene rings is 1. The number of ether oxygens (including phenoxy) is 1. The Labute approximate surface area is 104 Å². The average Bonchev–Trinajstić information content (AvgIpc) is 2.90. The summed E-state index contributed by atoms with van der Waals surface area (Å²) >= 11 is 0. The first-order valence-electron chi connectivity index (χ1n) is 5.46. The van der Waals surface area contributed by atoms with E-state index in [1.807, 2.05) is 19.1 Å². The molecule has 2 aromatic rings. The molecular formula is C11H14N4O3. The van der Waals surface area contributed by atoms with Crippen LogP contribution in [0.15, 0.2) is 24.5 Å². The van der Waals surface area contributed by atoms with Crippen molar-refractivity contribution in [3.8, 4) is 11.4 Å². The van der Waals surface area contributed by atoms with Crippen molar-refractivity contribution >= 4 is 0 Å². The first-order chi connectivity index (χ1) is 8.70. The van der Waals surface area contributed by atoms with Gasteiger partial charge >= 0.3 is 0 Å². The lowest BCUT2D eigenvalue weighted by Gasteiger charge is -2.13. The van der Waals surface area contributed by atoms with Gasteiger partial charge in [0.25, 0.3) is 0 Å². The van der Waals surface area contributed by atoms with E-state index in [2.05, 4.69) is 15.5 Å². The normalized spacial score (nSPS) is 12.4. The number of aryl methyl sites for hydroxylation is 1. The highest BCUT2D eigenvalue weighted by molar-refractivity contribution is 5.47. The van der Waals surface area contributed by atoms with Crippen LogP contribution in [0, 0.1) is 6.92 Å². The van der Waals surface area contributed by atoms with Gasteiger partial charge in [-0.15, -0.1) is 5.10 Å². The molecule has 0 fully saturated rings. The third-order valence-corrected chi connectivity index (χ3v) is 2.35. The van der Waals surface area contributed by atoms with Crippen LogP contribution in [0.4, 0.5) is 0 Å². The van der Waals surface area contributed by atoms with Crippen LogP contribution in [0.3, 0.4) is 0 Å². The van der Waals surface area contributed by atoms with Gasteiger partial charge in [-0.25, -0.2) is 0 Å². The molecule has 0 aliphatic heterocycles. The third kappa shape index (κ3) is 2.82. The average molecular weight is 250 g/mol. The zero-order valence-corrected chi connectivity index (χ0v) is 9.89. The van der Waals surface area contributed by atoms with E-state index >= 15 is 0 Å². The number of rotatable bonds is 5. The second kappa shape index (κ2) is 5.56. The zero-order valence-electron chi connectivity index (χ0n) is 9.89. The van der Waals surface area contributed by atoms with Gasteiger partial charge in [0.15, 0.2) is 0 Å². The number of tetrazole rings is 1. The number of nitrogens with zero attached hydrogens (tertiary/aromatic N) is 4.